The SMILES string of the molecule is C=C(C)N(C)SC. The summed E-state index contributed by atoms with van der Waals surface area (Å²) < 4.78 is 2.01. The van der Waals surface area contributed by atoms with Gasteiger partial charge in [0.15, 0.2) is 0 Å². The fraction of sp³-hybridized carbons (Fsp3) is 0.600. The first-order chi connectivity index (χ1) is 3.18. The third-order valence-corrected chi connectivity index (χ3v) is 1.67. The molecule has 0 aliphatic heterocycles. The van der Waals surface area contributed by atoms with Gasteiger partial charge in [0, 0.05) is 19.0 Å². The van der Waals surface area contributed by atoms with Crippen molar-refractivity contribution >= 4 is 11.9 Å². The second-order valence-corrected chi connectivity index (χ2v) is 2.33. The molecule has 0 aromatic carbocycles. The van der Waals surface area contributed by atoms with Crippen molar-refractivity contribution in [2.45, 2.75) is 6.92 Å². The molecule has 0 bridgehead atoms. The molecule has 0 unspecified atom stereocenters. The normalized spacial score (nSPS) is 8.43. The van der Waals surface area contributed by atoms with Gasteiger partial charge in [-0.3, -0.25) is 0 Å². The molecule has 0 spiro atoms. The van der Waals surface area contributed by atoms with E-state index in [0.29, 0.717) is 0 Å². The van der Waals surface area contributed by atoms with E-state index < -0.39 is 0 Å². The average molecular weight is 117 g/mol. The van der Waals surface area contributed by atoms with Crippen LogP contribution in [-0.4, -0.2) is 17.6 Å². The first-order valence-electron chi connectivity index (χ1n) is 2.12. The average Bonchev–Trinajstić information content (AvgIpc) is 1.65. The maximum atomic E-state index is 3.73. The lowest BCUT2D eigenvalue weighted by Gasteiger charge is -2.12. The molecule has 0 saturated carbocycles. The Bertz CT molecular complexity index is 70.5. The molecular formula is C5H11NS. The van der Waals surface area contributed by atoms with Gasteiger partial charge in [0.1, 0.15) is 0 Å². The maximum absolute atomic E-state index is 3.73. The van der Waals surface area contributed by atoms with E-state index >= 15 is 0 Å². The summed E-state index contributed by atoms with van der Waals surface area (Å²) >= 11 is 1.67. The molecule has 0 aromatic heterocycles. The van der Waals surface area contributed by atoms with Gasteiger partial charge >= 0.3 is 0 Å². The smallest absolute Gasteiger partial charge is 0.0179 e. The minimum Gasteiger partial charge on any atom is -0.324 e. The van der Waals surface area contributed by atoms with Gasteiger partial charge in [-0.15, -0.1) is 0 Å². The molecule has 0 aliphatic rings. The van der Waals surface area contributed by atoms with Gasteiger partial charge in [-0.05, 0) is 6.92 Å². The van der Waals surface area contributed by atoms with Crippen LogP contribution in [0.25, 0.3) is 0 Å². The van der Waals surface area contributed by atoms with Crippen LogP contribution < -0.4 is 0 Å². The topological polar surface area (TPSA) is 3.24 Å². The standard InChI is InChI=1S/C5H11NS/c1-5(2)6(3)7-4/h1H2,2-4H3. The van der Waals surface area contributed by atoms with E-state index in [4.69, 9.17) is 0 Å². The molecule has 0 N–H and O–H groups in total. The van der Waals surface area contributed by atoms with Crippen LogP contribution in [0.15, 0.2) is 12.3 Å². The number of hydrogen-bond acceptors (Lipinski definition) is 2. The lowest BCUT2D eigenvalue weighted by Crippen LogP contribution is -2.02. The molecule has 42 valence electrons. The molecule has 0 heterocycles. The maximum Gasteiger partial charge on any atom is 0.0179 e. The van der Waals surface area contributed by atoms with Crippen molar-refractivity contribution < 1.29 is 0 Å². The van der Waals surface area contributed by atoms with Crippen LogP contribution in [0.3, 0.4) is 0 Å². The highest BCUT2D eigenvalue weighted by atomic mass is 32.2. The molecule has 1 nitrogen and oxygen atoms in total. The Morgan fingerprint density at radius 1 is 1.71 bits per heavy atom. The zero-order valence-electron chi connectivity index (χ0n) is 5.06. The van der Waals surface area contributed by atoms with Crippen LogP contribution in [0.5, 0.6) is 0 Å². The molecule has 0 radical (unpaired) electrons. The predicted octanol–water partition coefficient (Wildman–Crippen LogP) is 1.73. The highest BCUT2D eigenvalue weighted by Crippen LogP contribution is 2.06. The summed E-state index contributed by atoms with van der Waals surface area (Å²) in [5, 5.41) is 0. The summed E-state index contributed by atoms with van der Waals surface area (Å²) in [5.74, 6) is 0. The van der Waals surface area contributed by atoms with E-state index in [1.807, 2.05) is 24.5 Å². The molecule has 0 amide bonds. The fourth-order valence-electron chi connectivity index (χ4n) is 0.156. The van der Waals surface area contributed by atoms with Gasteiger partial charge in [-0.25, -0.2) is 0 Å². The molecule has 0 aliphatic carbocycles. The molecule has 0 atom stereocenters. The second-order valence-electron chi connectivity index (χ2n) is 1.42. The van der Waals surface area contributed by atoms with E-state index in [1.54, 1.807) is 11.9 Å². The Hall–Kier alpha value is -0.110. The largest absolute Gasteiger partial charge is 0.324 e. The summed E-state index contributed by atoms with van der Waals surface area (Å²) in [6.07, 6.45) is 2.02. The summed E-state index contributed by atoms with van der Waals surface area (Å²) in [7, 11) is 1.99. The lowest BCUT2D eigenvalue weighted by molar-refractivity contribution is 0.710. The van der Waals surface area contributed by atoms with Gasteiger partial charge in [0.25, 0.3) is 0 Å². The van der Waals surface area contributed by atoms with Gasteiger partial charge in [0.2, 0.25) is 0 Å². The van der Waals surface area contributed by atoms with E-state index in [9.17, 15) is 0 Å². The van der Waals surface area contributed by atoms with E-state index in [-0.39, 0.29) is 0 Å². The molecule has 0 rings (SSSR count). The molecule has 2 heteroatoms. The Labute approximate surface area is 49.5 Å². The molecular weight excluding hydrogens is 106 g/mol. The number of hydrogen-bond donors (Lipinski definition) is 0. The van der Waals surface area contributed by atoms with E-state index in [2.05, 4.69) is 6.58 Å². The third-order valence-electron chi connectivity index (χ3n) is 0.811. The van der Waals surface area contributed by atoms with Crippen molar-refractivity contribution in [1.82, 2.24) is 4.31 Å². The van der Waals surface area contributed by atoms with Crippen LogP contribution in [-0.2, 0) is 0 Å². The lowest BCUT2D eigenvalue weighted by atomic mass is 10.6. The van der Waals surface area contributed by atoms with Crippen LogP contribution in [0.4, 0.5) is 0 Å². The third kappa shape index (κ3) is 2.57. The minimum atomic E-state index is 1.09. The van der Waals surface area contributed by atoms with Gasteiger partial charge in [0.05, 0.1) is 0 Å². The van der Waals surface area contributed by atoms with Crippen LogP contribution in [0.2, 0.25) is 0 Å². The Morgan fingerprint density at radius 3 is 2.14 bits per heavy atom. The molecule has 7 heavy (non-hydrogen) atoms. The van der Waals surface area contributed by atoms with Gasteiger partial charge < -0.3 is 4.31 Å². The first kappa shape index (κ1) is 6.89. The van der Waals surface area contributed by atoms with Crippen LogP contribution in [0, 0.1) is 0 Å². The van der Waals surface area contributed by atoms with E-state index in [1.165, 1.54) is 0 Å². The van der Waals surface area contributed by atoms with E-state index in [0.717, 1.165) is 5.70 Å². The molecule has 0 aromatic rings. The molecule has 0 saturated heterocycles. The fourth-order valence-corrected chi connectivity index (χ4v) is 0.468. The Morgan fingerprint density at radius 2 is 2.14 bits per heavy atom. The van der Waals surface area contributed by atoms with Crippen molar-refractivity contribution in [3.8, 4) is 0 Å². The summed E-state index contributed by atoms with van der Waals surface area (Å²) in [4.78, 5) is 0. The zero-order valence-corrected chi connectivity index (χ0v) is 5.88. The predicted molar refractivity (Wildman–Crippen MR) is 36.1 cm³/mol. The second kappa shape index (κ2) is 2.97. The Balaban J connectivity index is 3.34. The van der Waals surface area contributed by atoms with Crippen molar-refractivity contribution in [2.75, 3.05) is 13.3 Å². The van der Waals surface area contributed by atoms with Crippen molar-refractivity contribution in [3.05, 3.63) is 12.3 Å². The summed E-state index contributed by atoms with van der Waals surface area (Å²) in [5.41, 5.74) is 1.09. The highest BCUT2D eigenvalue weighted by molar-refractivity contribution is 7.96. The number of rotatable bonds is 2. The van der Waals surface area contributed by atoms with Crippen molar-refractivity contribution in [2.24, 2.45) is 0 Å². The van der Waals surface area contributed by atoms with Crippen molar-refractivity contribution in [1.29, 1.82) is 0 Å². The monoisotopic (exact) mass is 117 g/mol. The van der Waals surface area contributed by atoms with Gasteiger partial charge in [-0.2, -0.15) is 0 Å². The van der Waals surface area contributed by atoms with Crippen molar-refractivity contribution in [3.63, 3.8) is 0 Å². The van der Waals surface area contributed by atoms with Crippen LogP contribution in [0.1, 0.15) is 6.92 Å². The van der Waals surface area contributed by atoms with Gasteiger partial charge in [-0.1, -0.05) is 18.5 Å². The highest BCUT2D eigenvalue weighted by Gasteiger charge is 1.87. The first-order valence-corrected chi connectivity index (χ1v) is 3.30. The number of allylic oxidation sites excluding steroid dienone is 1. The summed E-state index contributed by atoms with van der Waals surface area (Å²) in [6.45, 7) is 5.71. The van der Waals surface area contributed by atoms with Crippen LogP contribution >= 0.6 is 11.9 Å². The quantitative estimate of drug-likeness (QED) is 0.507. The summed E-state index contributed by atoms with van der Waals surface area (Å²) in [6, 6.07) is 0. The Kier molecular flexibility index (Phi) is 2.92. The minimum absolute atomic E-state index is 1.09. The zero-order chi connectivity index (χ0) is 5.86. The number of nitrogens with zero attached hydrogens (tertiary/aromatic N) is 1. The molecule has 0 fully saturated rings.